The summed E-state index contributed by atoms with van der Waals surface area (Å²) >= 11 is 2.79. The Bertz CT molecular complexity index is 348. The van der Waals surface area contributed by atoms with E-state index in [1.165, 1.54) is 12.1 Å². The standard InChI is InChI=1S/C7H4BrF2NO2.ClH/c8-4-2-1-3-11-5(4)7(9,10)6(12)13;/h1-3H,(H,12,13);1H. The van der Waals surface area contributed by atoms with Gasteiger partial charge in [-0.2, -0.15) is 8.78 Å². The summed E-state index contributed by atoms with van der Waals surface area (Å²) in [4.78, 5) is 13.5. The van der Waals surface area contributed by atoms with Crippen LogP contribution in [0.15, 0.2) is 22.8 Å². The zero-order valence-corrected chi connectivity index (χ0v) is 8.98. The van der Waals surface area contributed by atoms with Crippen molar-refractivity contribution in [1.29, 1.82) is 0 Å². The monoisotopic (exact) mass is 287 g/mol. The van der Waals surface area contributed by atoms with Gasteiger partial charge in [-0.1, -0.05) is 0 Å². The zero-order chi connectivity index (χ0) is 10.1. The normalized spacial score (nSPS) is 10.5. The maximum atomic E-state index is 12.8. The predicted molar refractivity (Wildman–Crippen MR) is 50.7 cm³/mol. The van der Waals surface area contributed by atoms with Crippen molar-refractivity contribution in [1.82, 2.24) is 4.98 Å². The minimum atomic E-state index is -3.96. The number of nitrogens with zero attached hydrogens (tertiary/aromatic N) is 1. The smallest absolute Gasteiger partial charge is 0.385 e. The highest BCUT2D eigenvalue weighted by Gasteiger charge is 2.44. The molecule has 0 fully saturated rings. The molecule has 0 radical (unpaired) electrons. The van der Waals surface area contributed by atoms with Gasteiger partial charge in [0.25, 0.3) is 0 Å². The van der Waals surface area contributed by atoms with Gasteiger partial charge in [0.05, 0.1) is 0 Å². The Morgan fingerprint density at radius 1 is 1.57 bits per heavy atom. The highest BCUT2D eigenvalue weighted by atomic mass is 79.9. The van der Waals surface area contributed by atoms with Crippen molar-refractivity contribution < 1.29 is 18.7 Å². The van der Waals surface area contributed by atoms with Gasteiger partial charge >= 0.3 is 11.9 Å². The number of rotatable bonds is 2. The number of hydrogen-bond acceptors (Lipinski definition) is 2. The topological polar surface area (TPSA) is 50.2 Å². The molecule has 78 valence electrons. The van der Waals surface area contributed by atoms with E-state index in [4.69, 9.17) is 5.11 Å². The molecule has 1 aromatic rings. The van der Waals surface area contributed by atoms with Gasteiger partial charge in [-0.3, -0.25) is 4.98 Å². The van der Waals surface area contributed by atoms with E-state index < -0.39 is 17.6 Å². The maximum absolute atomic E-state index is 12.8. The van der Waals surface area contributed by atoms with E-state index in [1.54, 1.807) is 0 Å². The van der Waals surface area contributed by atoms with Crippen LogP contribution in [-0.4, -0.2) is 16.1 Å². The van der Waals surface area contributed by atoms with E-state index in [1.807, 2.05) is 0 Å². The van der Waals surface area contributed by atoms with Crippen molar-refractivity contribution in [3.05, 3.63) is 28.5 Å². The average Bonchev–Trinajstić information content (AvgIpc) is 2.04. The van der Waals surface area contributed by atoms with Crippen molar-refractivity contribution in [3.8, 4) is 0 Å². The third-order valence-corrected chi connectivity index (χ3v) is 1.96. The molecule has 0 unspecified atom stereocenters. The molecule has 0 aromatic carbocycles. The number of carboxylic acids is 1. The number of carbonyl (C=O) groups is 1. The number of aliphatic carboxylic acids is 1. The van der Waals surface area contributed by atoms with Gasteiger partial charge in [0, 0.05) is 10.7 Å². The minimum absolute atomic E-state index is 0. The molecule has 0 saturated carbocycles. The first-order valence-corrected chi connectivity index (χ1v) is 3.97. The Hall–Kier alpha value is -0.750. The lowest BCUT2D eigenvalue weighted by Gasteiger charge is -2.10. The summed E-state index contributed by atoms with van der Waals surface area (Å²) in [6.07, 6.45) is 1.11. The number of pyridine rings is 1. The van der Waals surface area contributed by atoms with Crippen LogP contribution in [0.3, 0.4) is 0 Å². The molecular formula is C7H5BrClF2NO2. The van der Waals surface area contributed by atoms with Crippen LogP contribution in [0.5, 0.6) is 0 Å². The molecule has 0 saturated heterocycles. The van der Waals surface area contributed by atoms with E-state index in [-0.39, 0.29) is 16.9 Å². The van der Waals surface area contributed by atoms with E-state index in [0.29, 0.717) is 0 Å². The SMILES string of the molecule is Cl.O=C(O)C(F)(F)c1ncccc1Br. The van der Waals surface area contributed by atoms with Gasteiger partial charge in [0.2, 0.25) is 0 Å². The van der Waals surface area contributed by atoms with E-state index >= 15 is 0 Å². The van der Waals surface area contributed by atoms with Crippen LogP contribution in [0.25, 0.3) is 0 Å². The molecule has 1 aromatic heterocycles. The summed E-state index contributed by atoms with van der Waals surface area (Å²) in [5.41, 5.74) is -0.789. The summed E-state index contributed by atoms with van der Waals surface area (Å²) in [5.74, 6) is -6.17. The second kappa shape index (κ2) is 4.65. The van der Waals surface area contributed by atoms with E-state index in [0.717, 1.165) is 6.20 Å². The Kier molecular flexibility index (Phi) is 4.41. The Morgan fingerprint density at radius 2 is 2.14 bits per heavy atom. The maximum Gasteiger partial charge on any atom is 0.385 e. The first-order valence-electron chi connectivity index (χ1n) is 3.18. The molecule has 0 bridgehead atoms. The molecule has 0 aliphatic rings. The Labute approximate surface area is 92.7 Å². The largest absolute Gasteiger partial charge is 0.476 e. The van der Waals surface area contributed by atoms with Crippen molar-refractivity contribution in [2.24, 2.45) is 0 Å². The first kappa shape index (κ1) is 13.2. The predicted octanol–water partition coefficient (Wildman–Crippen LogP) is 2.44. The molecule has 0 aliphatic heterocycles. The molecule has 0 amide bonds. The fourth-order valence-electron chi connectivity index (χ4n) is 0.718. The highest BCUT2D eigenvalue weighted by molar-refractivity contribution is 9.10. The molecule has 0 aliphatic carbocycles. The Balaban J connectivity index is 0.00000169. The van der Waals surface area contributed by atoms with Gasteiger partial charge in [-0.15, -0.1) is 12.4 Å². The zero-order valence-electron chi connectivity index (χ0n) is 6.58. The number of carboxylic acid groups (broad SMARTS) is 1. The average molecular weight is 288 g/mol. The van der Waals surface area contributed by atoms with Crippen molar-refractivity contribution in [2.75, 3.05) is 0 Å². The van der Waals surface area contributed by atoms with E-state index in [9.17, 15) is 13.6 Å². The first-order chi connectivity index (χ1) is 5.96. The second-order valence-corrected chi connectivity index (χ2v) is 3.07. The van der Waals surface area contributed by atoms with Gasteiger partial charge in [0.15, 0.2) is 0 Å². The molecule has 1 rings (SSSR count). The summed E-state index contributed by atoms with van der Waals surface area (Å²) in [5, 5.41) is 8.21. The fourth-order valence-corrected chi connectivity index (χ4v) is 1.22. The van der Waals surface area contributed by atoms with Gasteiger partial charge in [-0.05, 0) is 28.1 Å². The van der Waals surface area contributed by atoms with Crippen molar-refractivity contribution in [3.63, 3.8) is 0 Å². The lowest BCUT2D eigenvalue weighted by molar-refractivity contribution is -0.167. The lowest BCUT2D eigenvalue weighted by atomic mass is 10.2. The van der Waals surface area contributed by atoms with Gasteiger partial charge < -0.3 is 5.11 Å². The molecular weight excluding hydrogens is 283 g/mol. The van der Waals surface area contributed by atoms with Crippen molar-refractivity contribution >= 4 is 34.3 Å². The molecule has 7 heteroatoms. The summed E-state index contributed by atoms with van der Waals surface area (Å²) in [7, 11) is 0. The third kappa shape index (κ3) is 2.39. The number of alkyl halides is 2. The number of halogens is 4. The molecule has 3 nitrogen and oxygen atoms in total. The highest BCUT2D eigenvalue weighted by Crippen LogP contribution is 2.31. The molecule has 14 heavy (non-hydrogen) atoms. The fraction of sp³-hybridized carbons (Fsp3) is 0.143. The van der Waals surface area contributed by atoms with E-state index in [2.05, 4.69) is 20.9 Å². The van der Waals surface area contributed by atoms with Crippen LogP contribution in [0.4, 0.5) is 8.78 Å². The second-order valence-electron chi connectivity index (χ2n) is 2.21. The summed E-state index contributed by atoms with van der Waals surface area (Å²) < 4.78 is 25.7. The van der Waals surface area contributed by atoms with Crippen LogP contribution in [0.1, 0.15) is 5.69 Å². The Morgan fingerprint density at radius 3 is 2.57 bits per heavy atom. The molecule has 0 atom stereocenters. The van der Waals surface area contributed by atoms with Crippen LogP contribution < -0.4 is 0 Å². The van der Waals surface area contributed by atoms with Gasteiger partial charge in [-0.25, -0.2) is 4.79 Å². The third-order valence-electron chi connectivity index (χ3n) is 1.32. The van der Waals surface area contributed by atoms with Gasteiger partial charge in [0.1, 0.15) is 5.69 Å². The lowest BCUT2D eigenvalue weighted by Crippen LogP contribution is -2.26. The molecule has 0 spiro atoms. The van der Waals surface area contributed by atoms with Crippen LogP contribution in [0.2, 0.25) is 0 Å². The quantitative estimate of drug-likeness (QED) is 0.909. The van der Waals surface area contributed by atoms with Crippen LogP contribution in [0, 0.1) is 0 Å². The number of hydrogen-bond donors (Lipinski definition) is 1. The summed E-state index contributed by atoms with van der Waals surface area (Å²) in [6.45, 7) is 0. The van der Waals surface area contributed by atoms with Crippen LogP contribution in [-0.2, 0) is 10.7 Å². The molecule has 1 N–H and O–H groups in total. The minimum Gasteiger partial charge on any atom is -0.476 e. The summed E-state index contributed by atoms with van der Waals surface area (Å²) in [6, 6.07) is 2.73. The van der Waals surface area contributed by atoms with Crippen molar-refractivity contribution in [2.45, 2.75) is 5.92 Å². The number of aromatic nitrogens is 1. The van der Waals surface area contributed by atoms with Crippen LogP contribution >= 0.6 is 28.3 Å². The molecule has 1 heterocycles.